The van der Waals surface area contributed by atoms with Crippen molar-refractivity contribution < 1.29 is 4.79 Å². The van der Waals surface area contributed by atoms with E-state index in [-0.39, 0.29) is 11.8 Å². The number of piperazine rings is 2. The van der Waals surface area contributed by atoms with Gasteiger partial charge in [-0.3, -0.25) is 24.4 Å². The summed E-state index contributed by atoms with van der Waals surface area (Å²) in [5.41, 5.74) is 4.95. The van der Waals surface area contributed by atoms with E-state index >= 15 is 0 Å². The molecular formula is C37H50N8O. The summed E-state index contributed by atoms with van der Waals surface area (Å²) >= 11 is 0. The molecule has 2 aromatic carbocycles. The minimum absolute atomic E-state index is 0.146. The van der Waals surface area contributed by atoms with Crippen LogP contribution in [0.25, 0.3) is 21.8 Å². The molecule has 0 aliphatic carbocycles. The van der Waals surface area contributed by atoms with Crippen LogP contribution in [0.4, 0.5) is 0 Å². The summed E-state index contributed by atoms with van der Waals surface area (Å²) in [6, 6.07) is 21.7. The molecule has 0 bridgehead atoms. The van der Waals surface area contributed by atoms with Gasteiger partial charge in [0.2, 0.25) is 0 Å². The van der Waals surface area contributed by atoms with Gasteiger partial charge in [-0.1, -0.05) is 36.4 Å². The number of piperidine rings is 2. The van der Waals surface area contributed by atoms with E-state index in [9.17, 15) is 4.79 Å². The molecule has 4 aliphatic heterocycles. The molecule has 4 unspecified atom stereocenters. The minimum Gasteiger partial charge on any atom is -0.357 e. The largest absolute Gasteiger partial charge is 0.357 e. The Kier molecular flexibility index (Phi) is 8.95. The first kappa shape index (κ1) is 30.3. The Hall–Kier alpha value is -3.05. The van der Waals surface area contributed by atoms with Crippen molar-refractivity contribution in [3.63, 3.8) is 0 Å². The molecule has 4 N–H and O–H groups in total. The van der Waals surface area contributed by atoms with Gasteiger partial charge in [-0.05, 0) is 60.7 Å². The van der Waals surface area contributed by atoms with Gasteiger partial charge in [0.25, 0.3) is 0 Å². The number of fused-ring (bicyclic) bond motifs is 2. The molecule has 6 heterocycles. The van der Waals surface area contributed by atoms with E-state index in [1.54, 1.807) is 0 Å². The minimum atomic E-state index is 0.146. The lowest BCUT2D eigenvalue weighted by Crippen LogP contribution is -2.59. The molecule has 2 aromatic heterocycles. The number of benzene rings is 2. The zero-order valence-electron chi connectivity index (χ0n) is 27.1. The van der Waals surface area contributed by atoms with Gasteiger partial charge in [-0.25, -0.2) is 0 Å². The molecule has 244 valence electrons. The Morgan fingerprint density at radius 1 is 0.609 bits per heavy atom. The van der Waals surface area contributed by atoms with E-state index in [4.69, 9.17) is 0 Å². The summed E-state index contributed by atoms with van der Waals surface area (Å²) in [4.78, 5) is 32.4. The monoisotopic (exact) mass is 622 g/mol. The average molecular weight is 623 g/mol. The zero-order valence-corrected chi connectivity index (χ0v) is 27.1. The highest BCUT2D eigenvalue weighted by Gasteiger charge is 2.42. The van der Waals surface area contributed by atoms with Crippen LogP contribution < -0.4 is 10.6 Å². The molecule has 4 fully saturated rings. The molecule has 4 saturated heterocycles. The fraction of sp³-hybridized carbons (Fsp3) is 0.541. The lowest BCUT2D eigenvalue weighted by atomic mass is 9.79. The van der Waals surface area contributed by atoms with Crippen molar-refractivity contribution >= 4 is 27.6 Å². The fourth-order valence-electron chi connectivity index (χ4n) is 8.80. The zero-order chi connectivity index (χ0) is 30.9. The SMILES string of the molecule is O=C(C1CCN(Cc2cc3ccccc3[nH]2)C(N2CCNCC2)C1)C1CCN(Cc2cc3ccccc3[nH]2)C(N2CCNCC2)C1. The topological polar surface area (TPSA) is 85.7 Å². The van der Waals surface area contributed by atoms with E-state index in [1.165, 1.54) is 33.2 Å². The number of likely N-dealkylation sites (tertiary alicyclic amines) is 2. The van der Waals surface area contributed by atoms with E-state index in [0.717, 1.165) is 104 Å². The van der Waals surface area contributed by atoms with E-state index < -0.39 is 0 Å². The van der Waals surface area contributed by atoms with Crippen LogP contribution in [0.5, 0.6) is 0 Å². The molecule has 4 atom stereocenters. The molecule has 0 spiro atoms. The number of nitrogens with zero attached hydrogens (tertiary/aromatic N) is 4. The number of aromatic amines is 2. The molecule has 8 rings (SSSR count). The number of hydrogen-bond donors (Lipinski definition) is 4. The van der Waals surface area contributed by atoms with Crippen molar-refractivity contribution in [3.05, 3.63) is 72.1 Å². The second kappa shape index (κ2) is 13.6. The summed E-state index contributed by atoms with van der Waals surface area (Å²) in [5.74, 6) is 0.830. The van der Waals surface area contributed by atoms with Gasteiger partial charge in [0.15, 0.2) is 0 Å². The first-order valence-corrected chi connectivity index (χ1v) is 17.7. The predicted molar refractivity (Wildman–Crippen MR) is 184 cm³/mol. The number of ketones is 1. The number of Topliss-reactive ketones (excluding diaryl/α,β-unsaturated/α-hetero) is 1. The highest BCUT2D eigenvalue weighted by molar-refractivity contribution is 5.84. The smallest absolute Gasteiger partial charge is 0.139 e. The Labute approximate surface area is 272 Å². The number of aromatic nitrogens is 2. The van der Waals surface area contributed by atoms with Crippen LogP contribution in [-0.4, -0.2) is 113 Å². The van der Waals surface area contributed by atoms with Crippen LogP contribution in [0.1, 0.15) is 37.1 Å². The van der Waals surface area contributed by atoms with E-state index in [2.05, 4.69) is 101 Å². The number of carbonyl (C=O) groups excluding carboxylic acids is 1. The molecule has 4 aromatic rings. The number of nitrogens with one attached hydrogen (secondary N) is 4. The van der Waals surface area contributed by atoms with Gasteiger partial charge in [0.05, 0.1) is 12.3 Å². The van der Waals surface area contributed by atoms with Crippen LogP contribution >= 0.6 is 0 Å². The number of carbonyl (C=O) groups is 1. The van der Waals surface area contributed by atoms with Crippen LogP contribution in [0.2, 0.25) is 0 Å². The van der Waals surface area contributed by atoms with Crippen molar-refractivity contribution in [1.29, 1.82) is 0 Å². The van der Waals surface area contributed by atoms with Gasteiger partial charge in [0, 0.05) is 113 Å². The van der Waals surface area contributed by atoms with E-state index in [0.29, 0.717) is 18.1 Å². The van der Waals surface area contributed by atoms with Gasteiger partial charge < -0.3 is 20.6 Å². The van der Waals surface area contributed by atoms with Crippen LogP contribution in [0, 0.1) is 11.8 Å². The van der Waals surface area contributed by atoms with Gasteiger partial charge in [-0.2, -0.15) is 0 Å². The maximum absolute atomic E-state index is 14.5. The van der Waals surface area contributed by atoms with Crippen LogP contribution in [-0.2, 0) is 17.9 Å². The quantitative estimate of drug-likeness (QED) is 0.238. The van der Waals surface area contributed by atoms with Crippen molar-refractivity contribution in [2.24, 2.45) is 11.8 Å². The van der Waals surface area contributed by atoms with E-state index in [1.807, 2.05) is 0 Å². The molecular weight excluding hydrogens is 572 g/mol. The lowest BCUT2D eigenvalue weighted by Gasteiger charge is -2.48. The Morgan fingerprint density at radius 2 is 1.04 bits per heavy atom. The summed E-state index contributed by atoms with van der Waals surface area (Å²) in [6.07, 6.45) is 4.45. The third-order valence-corrected chi connectivity index (χ3v) is 11.2. The molecule has 9 nitrogen and oxygen atoms in total. The second-order valence-electron chi connectivity index (χ2n) is 14.1. The van der Waals surface area contributed by atoms with Gasteiger partial charge >= 0.3 is 0 Å². The maximum Gasteiger partial charge on any atom is 0.139 e. The third kappa shape index (κ3) is 6.41. The summed E-state index contributed by atoms with van der Waals surface area (Å²) in [6.45, 7) is 12.0. The van der Waals surface area contributed by atoms with Crippen molar-refractivity contribution in [2.45, 2.75) is 51.1 Å². The standard InChI is InChI=1S/C37H50N8O/c46-37(29-9-15-44(35(23-29)42-17-11-38-12-18-42)25-31-21-27-5-1-3-7-33(27)40-31)30-10-16-45(36(24-30)43-19-13-39-14-20-43)26-32-22-28-6-2-4-8-34(28)41-32/h1-8,21-22,29-30,35-36,38-41H,9-20,23-26H2. The summed E-state index contributed by atoms with van der Waals surface area (Å²) in [7, 11) is 0. The van der Waals surface area contributed by atoms with Crippen molar-refractivity contribution in [1.82, 2.24) is 40.2 Å². The van der Waals surface area contributed by atoms with Gasteiger partial charge in [0.1, 0.15) is 5.78 Å². The molecule has 9 heteroatoms. The second-order valence-corrected chi connectivity index (χ2v) is 14.1. The van der Waals surface area contributed by atoms with Crippen LogP contribution in [0.3, 0.4) is 0 Å². The number of H-pyrrole nitrogens is 2. The van der Waals surface area contributed by atoms with Crippen molar-refractivity contribution in [2.75, 3.05) is 65.4 Å². The highest BCUT2D eigenvalue weighted by atomic mass is 16.1. The Bertz CT molecular complexity index is 1430. The summed E-state index contributed by atoms with van der Waals surface area (Å²) < 4.78 is 0. The maximum atomic E-state index is 14.5. The number of para-hydroxylation sites is 2. The van der Waals surface area contributed by atoms with Crippen molar-refractivity contribution in [3.8, 4) is 0 Å². The normalized spacial score (nSPS) is 27.8. The Balaban J connectivity index is 0.973. The Morgan fingerprint density at radius 3 is 1.48 bits per heavy atom. The molecule has 0 amide bonds. The first-order chi connectivity index (χ1) is 22.7. The molecule has 0 saturated carbocycles. The predicted octanol–water partition coefficient (Wildman–Crippen LogP) is 3.81. The fourth-order valence-corrected chi connectivity index (χ4v) is 8.80. The van der Waals surface area contributed by atoms with Gasteiger partial charge in [-0.15, -0.1) is 0 Å². The van der Waals surface area contributed by atoms with Crippen LogP contribution in [0.15, 0.2) is 60.7 Å². The summed E-state index contributed by atoms with van der Waals surface area (Å²) in [5, 5.41) is 9.62. The lowest BCUT2D eigenvalue weighted by molar-refractivity contribution is -0.135. The first-order valence-electron chi connectivity index (χ1n) is 17.7. The molecule has 46 heavy (non-hydrogen) atoms. The highest BCUT2D eigenvalue weighted by Crippen LogP contribution is 2.35. The molecule has 4 aliphatic rings. The average Bonchev–Trinajstić information content (AvgIpc) is 3.72. The number of rotatable bonds is 8. The third-order valence-electron chi connectivity index (χ3n) is 11.2. The number of hydrogen-bond acceptors (Lipinski definition) is 7. The molecule has 0 radical (unpaired) electrons.